The Hall–Kier alpha value is -1.88. The first-order valence-electron chi connectivity index (χ1n) is 7.69. The molecule has 0 aliphatic heterocycles. The summed E-state index contributed by atoms with van der Waals surface area (Å²) in [6.07, 6.45) is 0.239. The van der Waals surface area contributed by atoms with Crippen LogP contribution < -0.4 is 10.1 Å². The summed E-state index contributed by atoms with van der Waals surface area (Å²) in [4.78, 5) is 23.9. The number of ether oxygens (including phenoxy) is 1. The fraction of sp³-hybridized carbons (Fsp3) is 0.556. The van der Waals surface area contributed by atoms with Crippen molar-refractivity contribution in [1.29, 1.82) is 0 Å². The summed E-state index contributed by atoms with van der Waals surface area (Å²) in [7, 11) is 0. The molecule has 5 heteroatoms. The Bertz CT molecular complexity index is 580. The quantitative estimate of drug-likeness (QED) is 0.494. The summed E-state index contributed by atoms with van der Waals surface area (Å²) in [5.74, 6) is -0.697. The lowest BCUT2D eigenvalue weighted by Crippen LogP contribution is -2.39. The second-order valence-electron chi connectivity index (χ2n) is 7.92. The number of Topliss-reactive ketones (excluding diaryl/α,β-unsaturated/α-hetero) is 1. The van der Waals surface area contributed by atoms with Gasteiger partial charge < -0.3 is 15.2 Å². The van der Waals surface area contributed by atoms with Gasteiger partial charge in [-0.25, -0.2) is 0 Å². The van der Waals surface area contributed by atoms with Gasteiger partial charge in [-0.05, 0) is 44.4 Å². The van der Waals surface area contributed by atoms with Crippen molar-refractivity contribution in [2.24, 2.45) is 5.41 Å². The zero-order valence-corrected chi connectivity index (χ0v) is 14.8. The van der Waals surface area contributed by atoms with Crippen LogP contribution in [-0.4, -0.2) is 28.9 Å². The Morgan fingerprint density at radius 1 is 1.13 bits per heavy atom. The first kappa shape index (κ1) is 19.2. The molecule has 1 aromatic rings. The van der Waals surface area contributed by atoms with E-state index in [4.69, 9.17) is 4.74 Å². The zero-order chi connectivity index (χ0) is 17.8. The minimum Gasteiger partial charge on any atom is -0.504 e. The summed E-state index contributed by atoms with van der Waals surface area (Å²) < 4.78 is 5.15. The highest BCUT2D eigenvalue weighted by Crippen LogP contribution is 2.28. The molecule has 0 saturated carbocycles. The van der Waals surface area contributed by atoms with Gasteiger partial charge >= 0.3 is 5.97 Å². The molecule has 23 heavy (non-hydrogen) atoms. The number of aromatic hydroxyl groups is 1. The van der Waals surface area contributed by atoms with Crippen molar-refractivity contribution >= 4 is 11.8 Å². The molecule has 0 saturated heterocycles. The standard InChI is InChI=1S/C18H27NO4/c1-17(2,3)10-16(22)23-15-8-7-12(9-13(15)20)14(21)11-19-18(4,5)6/h7-9,19-20H,10-11H2,1-6H3. The molecule has 0 spiro atoms. The number of esters is 1. The van der Waals surface area contributed by atoms with E-state index in [9.17, 15) is 14.7 Å². The second-order valence-corrected chi connectivity index (χ2v) is 7.92. The van der Waals surface area contributed by atoms with Crippen molar-refractivity contribution in [2.75, 3.05) is 6.54 Å². The van der Waals surface area contributed by atoms with E-state index >= 15 is 0 Å². The fourth-order valence-electron chi connectivity index (χ4n) is 1.82. The third kappa shape index (κ3) is 7.28. The predicted molar refractivity (Wildman–Crippen MR) is 89.9 cm³/mol. The van der Waals surface area contributed by atoms with E-state index in [1.807, 2.05) is 41.5 Å². The smallest absolute Gasteiger partial charge is 0.311 e. The van der Waals surface area contributed by atoms with Crippen LogP contribution in [0.5, 0.6) is 11.5 Å². The van der Waals surface area contributed by atoms with Crippen LogP contribution in [0, 0.1) is 5.41 Å². The molecule has 1 aromatic carbocycles. The molecule has 0 fully saturated rings. The van der Waals surface area contributed by atoms with Gasteiger partial charge in [-0.15, -0.1) is 0 Å². The van der Waals surface area contributed by atoms with E-state index in [0.717, 1.165) is 0 Å². The van der Waals surface area contributed by atoms with Gasteiger partial charge in [-0.2, -0.15) is 0 Å². The number of phenols is 1. The van der Waals surface area contributed by atoms with E-state index in [1.54, 1.807) is 6.07 Å². The largest absolute Gasteiger partial charge is 0.504 e. The van der Waals surface area contributed by atoms with Crippen molar-refractivity contribution in [3.8, 4) is 11.5 Å². The van der Waals surface area contributed by atoms with Gasteiger partial charge in [0.2, 0.25) is 0 Å². The summed E-state index contributed by atoms with van der Waals surface area (Å²) >= 11 is 0. The maximum atomic E-state index is 12.1. The third-order valence-electron chi connectivity index (χ3n) is 2.96. The van der Waals surface area contributed by atoms with Crippen molar-refractivity contribution < 1.29 is 19.4 Å². The molecule has 0 radical (unpaired) electrons. The molecule has 0 heterocycles. The van der Waals surface area contributed by atoms with E-state index in [2.05, 4.69) is 5.32 Å². The molecule has 2 N–H and O–H groups in total. The summed E-state index contributed by atoms with van der Waals surface area (Å²) in [5.41, 5.74) is 0.0105. The number of hydrogen-bond acceptors (Lipinski definition) is 5. The summed E-state index contributed by atoms with van der Waals surface area (Å²) in [5, 5.41) is 13.1. The average molecular weight is 321 g/mol. The minimum absolute atomic E-state index is 0.0691. The lowest BCUT2D eigenvalue weighted by molar-refractivity contribution is -0.136. The van der Waals surface area contributed by atoms with E-state index in [-0.39, 0.29) is 41.2 Å². The maximum Gasteiger partial charge on any atom is 0.311 e. The Kier molecular flexibility index (Phi) is 5.94. The number of ketones is 1. The molecule has 0 aliphatic rings. The highest BCUT2D eigenvalue weighted by Gasteiger charge is 2.19. The maximum absolute atomic E-state index is 12.1. The molecule has 0 unspecified atom stereocenters. The molecule has 0 aromatic heterocycles. The van der Waals surface area contributed by atoms with E-state index < -0.39 is 5.97 Å². The number of benzene rings is 1. The first-order chi connectivity index (χ1) is 10.4. The number of nitrogens with one attached hydrogen (secondary N) is 1. The zero-order valence-electron chi connectivity index (χ0n) is 14.8. The predicted octanol–water partition coefficient (Wildman–Crippen LogP) is 3.30. The first-order valence-corrected chi connectivity index (χ1v) is 7.69. The van der Waals surface area contributed by atoms with Crippen LogP contribution in [0.3, 0.4) is 0 Å². The Morgan fingerprint density at radius 3 is 2.22 bits per heavy atom. The molecule has 0 amide bonds. The molecule has 0 bridgehead atoms. The van der Waals surface area contributed by atoms with Gasteiger partial charge in [-0.1, -0.05) is 20.8 Å². The number of rotatable bonds is 5. The monoisotopic (exact) mass is 321 g/mol. The van der Waals surface area contributed by atoms with Crippen molar-refractivity contribution in [2.45, 2.75) is 53.5 Å². The number of carbonyl (C=O) groups excluding carboxylic acids is 2. The summed E-state index contributed by atoms with van der Waals surface area (Å²) in [6.45, 7) is 11.9. The second kappa shape index (κ2) is 7.13. The van der Waals surface area contributed by atoms with Crippen molar-refractivity contribution in [3.63, 3.8) is 0 Å². The van der Waals surface area contributed by atoms with Crippen LogP contribution in [0.4, 0.5) is 0 Å². The summed E-state index contributed by atoms with van der Waals surface area (Å²) in [6, 6.07) is 4.32. The van der Waals surface area contributed by atoms with Crippen molar-refractivity contribution in [1.82, 2.24) is 5.32 Å². The molecule has 5 nitrogen and oxygen atoms in total. The van der Waals surface area contributed by atoms with E-state index in [1.165, 1.54) is 12.1 Å². The SMILES string of the molecule is CC(C)(C)CC(=O)Oc1ccc(C(=O)CNC(C)(C)C)cc1O. The van der Waals surface area contributed by atoms with Gasteiger partial charge in [0.1, 0.15) is 0 Å². The molecular formula is C18H27NO4. The van der Waals surface area contributed by atoms with Gasteiger partial charge in [0.15, 0.2) is 17.3 Å². The van der Waals surface area contributed by atoms with E-state index in [0.29, 0.717) is 5.56 Å². The van der Waals surface area contributed by atoms with Gasteiger partial charge in [-0.3, -0.25) is 9.59 Å². The fourth-order valence-corrected chi connectivity index (χ4v) is 1.82. The molecular weight excluding hydrogens is 294 g/mol. The van der Waals surface area contributed by atoms with Crippen LogP contribution in [0.25, 0.3) is 0 Å². The Morgan fingerprint density at radius 2 is 1.74 bits per heavy atom. The lowest BCUT2D eigenvalue weighted by atomic mass is 9.92. The Balaban J connectivity index is 2.74. The minimum atomic E-state index is -0.415. The molecule has 1 rings (SSSR count). The number of phenolic OH excluding ortho intramolecular Hbond substituents is 1. The molecule has 0 aliphatic carbocycles. The molecule has 128 valence electrons. The molecule has 0 atom stereocenters. The average Bonchev–Trinajstić information content (AvgIpc) is 2.35. The van der Waals surface area contributed by atoms with Crippen LogP contribution in [-0.2, 0) is 4.79 Å². The van der Waals surface area contributed by atoms with Crippen LogP contribution in [0.15, 0.2) is 18.2 Å². The third-order valence-corrected chi connectivity index (χ3v) is 2.96. The Labute approximate surface area is 138 Å². The normalized spacial score (nSPS) is 12.1. The number of hydrogen-bond donors (Lipinski definition) is 2. The topological polar surface area (TPSA) is 75.6 Å². The van der Waals surface area contributed by atoms with Crippen molar-refractivity contribution in [3.05, 3.63) is 23.8 Å². The highest BCUT2D eigenvalue weighted by molar-refractivity contribution is 5.98. The lowest BCUT2D eigenvalue weighted by Gasteiger charge is -2.20. The number of carbonyl (C=O) groups is 2. The van der Waals surface area contributed by atoms with Crippen LogP contribution in [0.1, 0.15) is 58.3 Å². The highest BCUT2D eigenvalue weighted by atomic mass is 16.5. The van der Waals surface area contributed by atoms with Gasteiger partial charge in [0.25, 0.3) is 0 Å². The van der Waals surface area contributed by atoms with Gasteiger partial charge in [0, 0.05) is 11.1 Å². The van der Waals surface area contributed by atoms with Crippen LogP contribution >= 0.6 is 0 Å². The van der Waals surface area contributed by atoms with Gasteiger partial charge in [0.05, 0.1) is 13.0 Å². The van der Waals surface area contributed by atoms with Crippen LogP contribution in [0.2, 0.25) is 0 Å².